The van der Waals surface area contributed by atoms with Crippen LogP contribution < -0.4 is 11.1 Å². The second-order valence-electron chi connectivity index (χ2n) is 5.64. The molecule has 0 aromatic carbocycles. The van der Waals surface area contributed by atoms with Gasteiger partial charge in [-0.25, -0.2) is 15.0 Å². The molecule has 0 bridgehead atoms. The van der Waals surface area contributed by atoms with E-state index in [0.29, 0.717) is 0 Å². The fraction of sp³-hybridized carbons (Fsp3) is 0.462. The first-order valence-electron chi connectivity index (χ1n) is 5.99. The fourth-order valence-electron chi connectivity index (χ4n) is 1.71. The normalized spacial score (nSPS) is 11.8. The lowest BCUT2D eigenvalue weighted by Crippen LogP contribution is -2.20. The Kier molecular flexibility index (Phi) is 3.07. The van der Waals surface area contributed by atoms with Gasteiger partial charge in [0.2, 0.25) is 5.95 Å². The van der Waals surface area contributed by atoms with Gasteiger partial charge in [-0.1, -0.05) is 20.8 Å². The number of nitrogen functional groups attached to an aromatic ring is 1. The molecule has 0 fully saturated rings. The maximum Gasteiger partial charge on any atom is 0.220 e. The van der Waals surface area contributed by atoms with Crippen LogP contribution in [-0.4, -0.2) is 21.5 Å². The van der Waals surface area contributed by atoms with E-state index < -0.39 is 0 Å². The standard InChI is InChI=1S/C13H19N5/c1-8-9-5-6-15-11(16-7-13(2,3)4)10(9)18-12(14)17-8/h5-6H,7H2,1-4H3,(H,15,16)(H2,14,17,18). The van der Waals surface area contributed by atoms with Crippen LogP contribution >= 0.6 is 0 Å². The number of nitrogens with zero attached hydrogens (tertiary/aromatic N) is 3. The molecule has 18 heavy (non-hydrogen) atoms. The first-order chi connectivity index (χ1) is 8.37. The number of nitrogens with one attached hydrogen (secondary N) is 1. The summed E-state index contributed by atoms with van der Waals surface area (Å²) in [6.07, 6.45) is 1.76. The SMILES string of the molecule is Cc1nc(N)nc2c(NCC(C)(C)C)nccc12. The number of hydrogen-bond donors (Lipinski definition) is 2. The molecule has 2 rings (SSSR count). The summed E-state index contributed by atoms with van der Waals surface area (Å²) >= 11 is 0. The summed E-state index contributed by atoms with van der Waals surface area (Å²) in [6.45, 7) is 9.25. The van der Waals surface area contributed by atoms with Gasteiger partial charge in [0.05, 0.1) is 5.69 Å². The summed E-state index contributed by atoms with van der Waals surface area (Å²) in [6, 6.07) is 1.91. The van der Waals surface area contributed by atoms with Crippen molar-refractivity contribution in [1.29, 1.82) is 0 Å². The predicted octanol–water partition coefficient (Wildman–Crippen LogP) is 2.37. The monoisotopic (exact) mass is 245 g/mol. The number of rotatable bonds is 2. The van der Waals surface area contributed by atoms with Gasteiger partial charge in [0.1, 0.15) is 5.52 Å². The van der Waals surface area contributed by atoms with Crippen LogP contribution in [0.15, 0.2) is 12.3 Å². The van der Waals surface area contributed by atoms with Gasteiger partial charge in [0, 0.05) is 18.1 Å². The van der Waals surface area contributed by atoms with Crippen molar-refractivity contribution in [2.24, 2.45) is 5.41 Å². The van der Waals surface area contributed by atoms with E-state index in [1.807, 2.05) is 13.0 Å². The minimum absolute atomic E-state index is 0.178. The van der Waals surface area contributed by atoms with Crippen molar-refractivity contribution in [3.05, 3.63) is 18.0 Å². The van der Waals surface area contributed by atoms with Crippen LogP contribution in [0.3, 0.4) is 0 Å². The Bertz CT molecular complexity index is 571. The summed E-state index contributed by atoms with van der Waals surface area (Å²) in [4.78, 5) is 12.8. The van der Waals surface area contributed by atoms with Crippen LogP contribution in [0.5, 0.6) is 0 Å². The first kappa shape index (κ1) is 12.5. The molecule has 2 aromatic rings. The molecule has 2 heterocycles. The maximum absolute atomic E-state index is 5.70. The van der Waals surface area contributed by atoms with Gasteiger partial charge in [-0.3, -0.25) is 0 Å². The van der Waals surface area contributed by atoms with E-state index in [1.54, 1.807) is 6.20 Å². The topological polar surface area (TPSA) is 76.7 Å². The lowest BCUT2D eigenvalue weighted by molar-refractivity contribution is 0.442. The van der Waals surface area contributed by atoms with Crippen molar-refractivity contribution < 1.29 is 0 Å². The number of pyridine rings is 1. The fourth-order valence-corrected chi connectivity index (χ4v) is 1.71. The van der Waals surface area contributed by atoms with Crippen molar-refractivity contribution in [3.63, 3.8) is 0 Å². The molecular weight excluding hydrogens is 226 g/mol. The first-order valence-corrected chi connectivity index (χ1v) is 5.99. The van der Waals surface area contributed by atoms with Gasteiger partial charge >= 0.3 is 0 Å². The summed E-state index contributed by atoms with van der Waals surface area (Å²) in [5, 5.41) is 4.31. The Morgan fingerprint density at radius 3 is 2.67 bits per heavy atom. The molecule has 0 aliphatic rings. The molecule has 2 aromatic heterocycles. The van der Waals surface area contributed by atoms with E-state index >= 15 is 0 Å². The van der Waals surface area contributed by atoms with E-state index in [1.165, 1.54) is 0 Å². The third-order valence-corrected chi connectivity index (χ3v) is 2.61. The van der Waals surface area contributed by atoms with E-state index in [0.717, 1.165) is 29.0 Å². The van der Waals surface area contributed by atoms with Crippen molar-refractivity contribution in [1.82, 2.24) is 15.0 Å². The highest BCUT2D eigenvalue weighted by Gasteiger charge is 2.13. The summed E-state index contributed by atoms with van der Waals surface area (Å²) in [7, 11) is 0. The molecule has 0 unspecified atom stereocenters. The predicted molar refractivity (Wildman–Crippen MR) is 74.4 cm³/mol. The minimum atomic E-state index is 0.178. The van der Waals surface area contributed by atoms with Gasteiger partial charge in [-0.2, -0.15) is 0 Å². The van der Waals surface area contributed by atoms with Crippen LogP contribution in [-0.2, 0) is 0 Å². The Balaban J connectivity index is 2.45. The Morgan fingerprint density at radius 2 is 2.00 bits per heavy atom. The average molecular weight is 245 g/mol. The number of aromatic nitrogens is 3. The summed E-state index contributed by atoms with van der Waals surface area (Å²) < 4.78 is 0. The lowest BCUT2D eigenvalue weighted by atomic mass is 9.97. The zero-order valence-corrected chi connectivity index (χ0v) is 11.3. The van der Waals surface area contributed by atoms with Gasteiger partial charge in [-0.05, 0) is 18.4 Å². The lowest BCUT2D eigenvalue weighted by Gasteiger charge is -2.19. The molecular formula is C13H19N5. The van der Waals surface area contributed by atoms with Crippen molar-refractivity contribution >= 4 is 22.7 Å². The van der Waals surface area contributed by atoms with Gasteiger partial charge in [0.25, 0.3) is 0 Å². The maximum atomic E-state index is 5.70. The van der Waals surface area contributed by atoms with Crippen LogP contribution in [0.2, 0.25) is 0 Å². The molecule has 0 amide bonds. The Labute approximate surface area is 107 Å². The third-order valence-electron chi connectivity index (χ3n) is 2.61. The van der Waals surface area contributed by atoms with Crippen LogP contribution in [0, 0.1) is 12.3 Å². The molecule has 0 atom stereocenters. The van der Waals surface area contributed by atoms with Crippen LogP contribution in [0.1, 0.15) is 26.5 Å². The molecule has 3 N–H and O–H groups in total. The number of hydrogen-bond acceptors (Lipinski definition) is 5. The van der Waals surface area contributed by atoms with Crippen LogP contribution in [0.4, 0.5) is 11.8 Å². The number of nitrogens with two attached hydrogens (primary N) is 1. The van der Waals surface area contributed by atoms with E-state index in [-0.39, 0.29) is 11.4 Å². The molecule has 5 heteroatoms. The zero-order valence-electron chi connectivity index (χ0n) is 11.3. The minimum Gasteiger partial charge on any atom is -0.368 e. The molecule has 0 aliphatic carbocycles. The highest BCUT2D eigenvalue weighted by atomic mass is 15.1. The summed E-state index contributed by atoms with van der Waals surface area (Å²) in [5.41, 5.74) is 7.53. The second kappa shape index (κ2) is 4.40. The van der Waals surface area contributed by atoms with E-state index in [9.17, 15) is 0 Å². The smallest absolute Gasteiger partial charge is 0.220 e. The van der Waals surface area contributed by atoms with E-state index in [2.05, 4.69) is 41.0 Å². The molecule has 0 aliphatic heterocycles. The van der Waals surface area contributed by atoms with E-state index in [4.69, 9.17) is 5.73 Å². The molecule has 0 saturated carbocycles. The number of fused-ring (bicyclic) bond motifs is 1. The quantitative estimate of drug-likeness (QED) is 0.849. The second-order valence-corrected chi connectivity index (χ2v) is 5.64. The molecule has 5 nitrogen and oxygen atoms in total. The highest BCUT2D eigenvalue weighted by Crippen LogP contribution is 2.23. The molecule has 0 saturated heterocycles. The molecule has 0 radical (unpaired) electrons. The summed E-state index contributed by atoms with van der Waals surface area (Å²) in [5.74, 6) is 1.05. The van der Waals surface area contributed by atoms with Crippen molar-refractivity contribution in [3.8, 4) is 0 Å². The van der Waals surface area contributed by atoms with Gasteiger partial charge in [-0.15, -0.1) is 0 Å². The van der Waals surface area contributed by atoms with Gasteiger partial charge < -0.3 is 11.1 Å². The molecule has 0 spiro atoms. The number of anilines is 2. The number of aryl methyl sites for hydroxylation is 1. The highest BCUT2D eigenvalue weighted by molar-refractivity contribution is 5.90. The van der Waals surface area contributed by atoms with Crippen molar-refractivity contribution in [2.45, 2.75) is 27.7 Å². The Morgan fingerprint density at radius 1 is 1.28 bits per heavy atom. The zero-order chi connectivity index (χ0) is 13.3. The van der Waals surface area contributed by atoms with Crippen LogP contribution in [0.25, 0.3) is 10.9 Å². The Hall–Kier alpha value is -1.91. The third kappa shape index (κ3) is 2.67. The largest absolute Gasteiger partial charge is 0.368 e. The average Bonchev–Trinajstić information content (AvgIpc) is 2.25. The van der Waals surface area contributed by atoms with Gasteiger partial charge in [0.15, 0.2) is 5.82 Å². The van der Waals surface area contributed by atoms with Crippen molar-refractivity contribution in [2.75, 3.05) is 17.6 Å². The molecule has 96 valence electrons.